The molecular weight excluding hydrogens is 394 g/mol. The summed E-state index contributed by atoms with van der Waals surface area (Å²) in [5.41, 5.74) is 5.05. The fraction of sp³-hybridized carbons (Fsp3) is 0.125. The van der Waals surface area contributed by atoms with Crippen LogP contribution >= 0.6 is 23.1 Å². The Labute approximate surface area is 179 Å². The van der Waals surface area contributed by atoms with Crippen molar-refractivity contribution in [1.82, 2.24) is 4.98 Å². The molecular formula is C24H19N3S2. The lowest BCUT2D eigenvalue weighted by Crippen LogP contribution is -1.90. The van der Waals surface area contributed by atoms with Crippen LogP contribution in [0.15, 0.2) is 64.9 Å². The predicted molar refractivity (Wildman–Crippen MR) is 122 cm³/mol. The summed E-state index contributed by atoms with van der Waals surface area (Å²) in [5.74, 6) is 0.918. The molecule has 0 N–H and O–H groups in total. The van der Waals surface area contributed by atoms with Gasteiger partial charge in [0.25, 0.3) is 0 Å². The van der Waals surface area contributed by atoms with Gasteiger partial charge >= 0.3 is 0 Å². The molecule has 142 valence electrons. The molecule has 0 aliphatic heterocycles. The summed E-state index contributed by atoms with van der Waals surface area (Å²) in [4.78, 5) is 5.66. The van der Waals surface area contributed by atoms with Gasteiger partial charge in [-0.3, -0.25) is 0 Å². The monoisotopic (exact) mass is 413 g/mol. The molecule has 1 aromatic heterocycles. The van der Waals surface area contributed by atoms with E-state index in [1.807, 2.05) is 66.9 Å². The number of aryl methyl sites for hydroxylation is 1. The minimum absolute atomic E-state index is 0.518. The number of nitrogens with zero attached hydrogens (tertiary/aromatic N) is 3. The van der Waals surface area contributed by atoms with Crippen molar-refractivity contribution in [3.8, 4) is 23.4 Å². The molecule has 3 rings (SSSR count). The first-order valence-electron chi connectivity index (χ1n) is 9.13. The summed E-state index contributed by atoms with van der Waals surface area (Å²) in [6.07, 6.45) is 5.61. The van der Waals surface area contributed by atoms with Crippen LogP contribution in [0.25, 0.3) is 22.9 Å². The number of thiazole rings is 1. The lowest BCUT2D eigenvalue weighted by atomic mass is 10.0. The summed E-state index contributed by atoms with van der Waals surface area (Å²) in [5, 5.41) is 21.7. The van der Waals surface area contributed by atoms with Gasteiger partial charge in [-0.25, -0.2) is 4.98 Å². The fourth-order valence-electron chi connectivity index (χ4n) is 2.82. The zero-order chi connectivity index (χ0) is 20.6. The second-order valence-electron chi connectivity index (χ2n) is 6.21. The van der Waals surface area contributed by atoms with E-state index < -0.39 is 0 Å². The molecule has 0 aliphatic rings. The largest absolute Gasteiger partial charge is 0.235 e. The molecule has 0 fully saturated rings. The number of hydrogen-bond acceptors (Lipinski definition) is 5. The second-order valence-corrected chi connectivity index (χ2v) is 8.37. The van der Waals surface area contributed by atoms with Gasteiger partial charge in [0.2, 0.25) is 0 Å². The van der Waals surface area contributed by atoms with Crippen LogP contribution in [-0.2, 0) is 0 Å². The van der Waals surface area contributed by atoms with Crippen LogP contribution in [0.5, 0.6) is 0 Å². The van der Waals surface area contributed by atoms with Gasteiger partial charge in [-0.1, -0.05) is 49.4 Å². The topological polar surface area (TPSA) is 60.5 Å². The Kier molecular flexibility index (Phi) is 7.03. The van der Waals surface area contributed by atoms with E-state index in [0.717, 1.165) is 33.0 Å². The maximum Gasteiger partial charge on any atom is 0.134 e. The van der Waals surface area contributed by atoms with Crippen molar-refractivity contribution in [2.75, 3.05) is 5.75 Å². The standard InChI is InChI=1S/C24H19N3S2/c1-3-28-23-12-17(2)21(13-20(23)15-26)22-16-29-24(27-22)19(14-25)11-7-10-18-8-5-4-6-9-18/h4-13,16H,3H2,1-2H3. The Bertz CT molecular complexity index is 1140. The molecule has 3 aromatic rings. The van der Waals surface area contributed by atoms with E-state index in [1.165, 1.54) is 11.3 Å². The van der Waals surface area contributed by atoms with Gasteiger partial charge in [0, 0.05) is 15.8 Å². The highest BCUT2D eigenvalue weighted by Gasteiger charge is 2.13. The summed E-state index contributed by atoms with van der Waals surface area (Å²) in [6, 6.07) is 18.4. The Balaban J connectivity index is 1.90. The van der Waals surface area contributed by atoms with Crippen LogP contribution in [0, 0.1) is 29.6 Å². The normalized spacial score (nSPS) is 11.4. The summed E-state index contributed by atoms with van der Waals surface area (Å²) in [6.45, 7) is 4.10. The molecule has 29 heavy (non-hydrogen) atoms. The maximum absolute atomic E-state index is 9.56. The minimum Gasteiger partial charge on any atom is -0.235 e. The van der Waals surface area contributed by atoms with Crippen LogP contribution in [0.3, 0.4) is 0 Å². The lowest BCUT2D eigenvalue weighted by molar-refractivity contribution is 1.28. The Morgan fingerprint density at radius 2 is 2.00 bits per heavy atom. The number of aromatic nitrogens is 1. The molecule has 0 unspecified atom stereocenters. The van der Waals surface area contributed by atoms with Gasteiger partial charge in [0.1, 0.15) is 17.1 Å². The third kappa shape index (κ3) is 5.03. The highest BCUT2D eigenvalue weighted by molar-refractivity contribution is 7.99. The number of rotatable bonds is 6. The van der Waals surface area contributed by atoms with E-state index in [0.29, 0.717) is 16.1 Å². The quantitative estimate of drug-likeness (QED) is 0.255. The van der Waals surface area contributed by atoms with Gasteiger partial charge in [-0.05, 0) is 42.0 Å². The first-order valence-corrected chi connectivity index (χ1v) is 11.0. The molecule has 0 aliphatic carbocycles. The molecule has 0 bridgehead atoms. The average molecular weight is 414 g/mol. The number of thioether (sulfide) groups is 1. The van der Waals surface area contributed by atoms with Gasteiger partial charge in [0.05, 0.1) is 16.8 Å². The number of nitriles is 2. The van der Waals surface area contributed by atoms with Crippen LogP contribution < -0.4 is 0 Å². The van der Waals surface area contributed by atoms with Gasteiger partial charge < -0.3 is 0 Å². The van der Waals surface area contributed by atoms with Crippen LogP contribution in [0.1, 0.15) is 28.6 Å². The average Bonchev–Trinajstić information content (AvgIpc) is 3.22. The highest BCUT2D eigenvalue weighted by Crippen LogP contribution is 2.33. The van der Waals surface area contributed by atoms with E-state index in [4.69, 9.17) is 0 Å². The molecule has 0 amide bonds. The van der Waals surface area contributed by atoms with E-state index in [9.17, 15) is 10.5 Å². The van der Waals surface area contributed by atoms with Crippen molar-refractivity contribution in [2.45, 2.75) is 18.7 Å². The SMILES string of the molecule is CCSc1cc(C)c(-c2csc(C(C#N)=CC=Cc3ccccc3)n2)cc1C#N. The lowest BCUT2D eigenvalue weighted by Gasteiger charge is -2.08. The van der Waals surface area contributed by atoms with Gasteiger partial charge in [-0.15, -0.1) is 23.1 Å². The van der Waals surface area contributed by atoms with Crippen LogP contribution in [-0.4, -0.2) is 10.7 Å². The first kappa shape index (κ1) is 20.6. The molecule has 0 radical (unpaired) electrons. The zero-order valence-electron chi connectivity index (χ0n) is 16.2. The van der Waals surface area contributed by atoms with Crippen molar-refractivity contribution in [3.05, 3.63) is 81.7 Å². The van der Waals surface area contributed by atoms with E-state index in [2.05, 4.69) is 24.0 Å². The Hall–Kier alpha value is -3.12. The van der Waals surface area contributed by atoms with Crippen molar-refractivity contribution < 1.29 is 0 Å². The van der Waals surface area contributed by atoms with Crippen molar-refractivity contribution in [3.63, 3.8) is 0 Å². The summed E-state index contributed by atoms with van der Waals surface area (Å²) in [7, 11) is 0. The Morgan fingerprint density at radius 3 is 2.69 bits per heavy atom. The van der Waals surface area contributed by atoms with Crippen LogP contribution in [0.2, 0.25) is 0 Å². The number of hydrogen-bond donors (Lipinski definition) is 0. The molecule has 3 nitrogen and oxygen atoms in total. The third-order valence-electron chi connectivity index (χ3n) is 4.23. The van der Waals surface area contributed by atoms with Crippen molar-refractivity contribution >= 4 is 34.7 Å². The summed E-state index contributed by atoms with van der Waals surface area (Å²) >= 11 is 3.10. The second kappa shape index (κ2) is 9.89. The molecule has 1 heterocycles. The number of allylic oxidation sites excluding steroid dienone is 3. The first-order chi connectivity index (χ1) is 14.2. The molecule has 0 atom stereocenters. The smallest absolute Gasteiger partial charge is 0.134 e. The molecule has 5 heteroatoms. The Morgan fingerprint density at radius 1 is 1.21 bits per heavy atom. The fourth-order valence-corrected chi connectivity index (χ4v) is 4.44. The maximum atomic E-state index is 9.56. The third-order valence-corrected chi connectivity index (χ3v) is 6.04. The molecule has 2 aromatic carbocycles. The van der Waals surface area contributed by atoms with Crippen LogP contribution in [0.4, 0.5) is 0 Å². The minimum atomic E-state index is 0.518. The summed E-state index contributed by atoms with van der Waals surface area (Å²) < 4.78 is 0. The zero-order valence-corrected chi connectivity index (χ0v) is 17.8. The van der Waals surface area contributed by atoms with Crippen molar-refractivity contribution in [2.24, 2.45) is 0 Å². The van der Waals surface area contributed by atoms with Crippen molar-refractivity contribution in [1.29, 1.82) is 10.5 Å². The predicted octanol–water partition coefficient (Wildman–Crippen LogP) is 6.72. The molecule has 0 saturated carbocycles. The molecule has 0 saturated heterocycles. The molecule has 0 spiro atoms. The van der Waals surface area contributed by atoms with Gasteiger partial charge in [0.15, 0.2) is 0 Å². The van der Waals surface area contributed by atoms with Gasteiger partial charge in [-0.2, -0.15) is 10.5 Å². The highest BCUT2D eigenvalue weighted by atomic mass is 32.2. The van der Waals surface area contributed by atoms with E-state index >= 15 is 0 Å². The number of benzene rings is 2. The van der Waals surface area contributed by atoms with E-state index in [-0.39, 0.29) is 0 Å². The van der Waals surface area contributed by atoms with E-state index in [1.54, 1.807) is 17.8 Å².